The summed E-state index contributed by atoms with van der Waals surface area (Å²) >= 11 is 23.8. The molecule has 0 atom stereocenters. The van der Waals surface area contributed by atoms with Crippen LogP contribution < -0.4 is 11.1 Å². The van der Waals surface area contributed by atoms with E-state index in [9.17, 15) is 0 Å². The van der Waals surface area contributed by atoms with E-state index in [2.05, 4.69) is 20.3 Å². The summed E-state index contributed by atoms with van der Waals surface area (Å²) in [7, 11) is 0. The lowest BCUT2D eigenvalue weighted by Crippen LogP contribution is -2.45. The van der Waals surface area contributed by atoms with Crippen LogP contribution in [0.2, 0.25) is 5.02 Å². The number of alkyl halides is 3. The zero-order valence-electron chi connectivity index (χ0n) is 13.9. The third-order valence-electron chi connectivity index (χ3n) is 4.00. The molecule has 0 aliphatic heterocycles. The van der Waals surface area contributed by atoms with E-state index in [0.29, 0.717) is 23.3 Å². The number of nitrogens with two attached hydrogens (primary N) is 1. The first-order valence-electron chi connectivity index (χ1n) is 7.79. The van der Waals surface area contributed by atoms with Gasteiger partial charge in [-0.15, -0.1) is 0 Å². The van der Waals surface area contributed by atoms with Gasteiger partial charge in [0.1, 0.15) is 0 Å². The number of rotatable bonds is 6. The molecular formula is C16H19Cl4N5. The van der Waals surface area contributed by atoms with E-state index in [1.54, 1.807) is 24.3 Å². The van der Waals surface area contributed by atoms with E-state index in [4.69, 9.17) is 52.1 Å². The highest BCUT2D eigenvalue weighted by Crippen LogP contribution is 2.37. The highest BCUT2D eigenvalue weighted by Gasteiger charge is 2.29. The summed E-state index contributed by atoms with van der Waals surface area (Å²) in [5.74, 6) is 0.722. The average Bonchev–Trinajstić information content (AvgIpc) is 2.59. The molecule has 2 aromatic rings. The first kappa shape index (κ1) is 20.5. The van der Waals surface area contributed by atoms with Gasteiger partial charge in [0.05, 0.1) is 0 Å². The number of benzene rings is 1. The second-order valence-electron chi connectivity index (χ2n) is 5.73. The molecule has 0 unspecified atom stereocenters. The van der Waals surface area contributed by atoms with Gasteiger partial charge in [-0.2, -0.15) is 9.97 Å². The highest BCUT2D eigenvalue weighted by molar-refractivity contribution is 6.66. The maximum absolute atomic E-state index is 6.31. The smallest absolute Gasteiger partial charge is 0.250 e. The lowest BCUT2D eigenvalue weighted by molar-refractivity contribution is 0.417. The molecule has 1 aromatic heterocycles. The summed E-state index contributed by atoms with van der Waals surface area (Å²) in [6.07, 6.45) is 1.62. The van der Waals surface area contributed by atoms with Gasteiger partial charge in [0.2, 0.25) is 9.74 Å². The van der Waals surface area contributed by atoms with Crippen LogP contribution in [0.5, 0.6) is 0 Å². The molecule has 9 heteroatoms. The molecule has 0 radical (unpaired) electrons. The van der Waals surface area contributed by atoms with Crippen molar-refractivity contribution in [2.45, 2.75) is 36.0 Å². The van der Waals surface area contributed by atoms with Crippen LogP contribution in [0.1, 0.15) is 32.5 Å². The summed E-state index contributed by atoms with van der Waals surface area (Å²) in [4.78, 5) is 12.9. The van der Waals surface area contributed by atoms with Gasteiger partial charge in [0, 0.05) is 22.7 Å². The molecular weight excluding hydrogens is 404 g/mol. The number of hydrogen-bond acceptors (Lipinski definition) is 5. The van der Waals surface area contributed by atoms with E-state index in [0.717, 1.165) is 18.4 Å². The van der Waals surface area contributed by atoms with Crippen LogP contribution in [0, 0.1) is 0 Å². The molecule has 0 saturated carbocycles. The number of anilines is 1. The highest BCUT2D eigenvalue weighted by atomic mass is 35.6. The Labute approximate surface area is 167 Å². The second-order valence-corrected chi connectivity index (χ2v) is 8.45. The van der Waals surface area contributed by atoms with Crippen LogP contribution in [-0.4, -0.2) is 27.0 Å². The fourth-order valence-corrected chi connectivity index (χ4v) is 2.44. The molecule has 0 spiro atoms. The Morgan fingerprint density at radius 2 is 1.60 bits per heavy atom. The van der Waals surface area contributed by atoms with Crippen molar-refractivity contribution in [2.75, 3.05) is 11.9 Å². The van der Waals surface area contributed by atoms with Crippen molar-refractivity contribution in [1.82, 2.24) is 15.0 Å². The number of halogens is 4. The number of aromatic nitrogens is 3. The van der Waals surface area contributed by atoms with E-state index in [1.165, 1.54) is 0 Å². The third kappa shape index (κ3) is 5.56. The minimum atomic E-state index is -1.77. The quantitative estimate of drug-likeness (QED) is 0.644. The molecule has 0 fully saturated rings. The van der Waals surface area contributed by atoms with Crippen molar-refractivity contribution in [3.8, 4) is 11.4 Å². The average molecular weight is 423 g/mol. The van der Waals surface area contributed by atoms with Gasteiger partial charge in [-0.05, 0) is 37.1 Å². The summed E-state index contributed by atoms with van der Waals surface area (Å²) in [6, 6.07) is 7.05. The number of hydrogen-bond donors (Lipinski definition) is 2. The zero-order valence-corrected chi connectivity index (χ0v) is 16.9. The summed E-state index contributed by atoms with van der Waals surface area (Å²) in [5, 5.41) is 3.74. The van der Waals surface area contributed by atoms with Crippen molar-refractivity contribution in [1.29, 1.82) is 0 Å². The first-order valence-corrected chi connectivity index (χ1v) is 9.30. The molecule has 136 valence electrons. The van der Waals surface area contributed by atoms with Gasteiger partial charge in [-0.1, -0.05) is 60.3 Å². The van der Waals surface area contributed by atoms with E-state index >= 15 is 0 Å². The van der Waals surface area contributed by atoms with Gasteiger partial charge in [0.15, 0.2) is 11.6 Å². The first-order chi connectivity index (χ1) is 11.7. The van der Waals surface area contributed by atoms with Gasteiger partial charge < -0.3 is 11.1 Å². The zero-order chi connectivity index (χ0) is 18.7. The SMILES string of the molecule is CCC(N)(CC)CNc1nc(-c2ccc(Cl)cc2)nc(C(Cl)(Cl)Cl)n1. The maximum Gasteiger partial charge on any atom is 0.250 e. The molecule has 0 amide bonds. The van der Waals surface area contributed by atoms with Crippen LogP contribution >= 0.6 is 46.4 Å². The molecule has 2 rings (SSSR count). The molecule has 0 aliphatic carbocycles. The Hall–Kier alpha value is -0.850. The van der Waals surface area contributed by atoms with Crippen LogP contribution in [0.3, 0.4) is 0 Å². The Morgan fingerprint density at radius 3 is 2.12 bits per heavy atom. The largest absolute Gasteiger partial charge is 0.352 e. The van der Waals surface area contributed by atoms with Crippen LogP contribution in [0.15, 0.2) is 24.3 Å². The predicted octanol–water partition coefficient (Wildman–Crippen LogP) is 4.95. The molecule has 0 bridgehead atoms. The Morgan fingerprint density at radius 1 is 1.00 bits per heavy atom. The lowest BCUT2D eigenvalue weighted by Gasteiger charge is -2.27. The van der Waals surface area contributed by atoms with Gasteiger partial charge in [-0.3, -0.25) is 0 Å². The van der Waals surface area contributed by atoms with Crippen molar-refractivity contribution in [2.24, 2.45) is 5.73 Å². The van der Waals surface area contributed by atoms with Crippen molar-refractivity contribution < 1.29 is 0 Å². The van der Waals surface area contributed by atoms with Crippen LogP contribution in [0.25, 0.3) is 11.4 Å². The third-order valence-corrected chi connectivity index (χ3v) is 4.76. The van der Waals surface area contributed by atoms with Crippen molar-refractivity contribution in [3.05, 3.63) is 35.1 Å². The normalized spacial score (nSPS) is 12.3. The van der Waals surface area contributed by atoms with E-state index in [-0.39, 0.29) is 11.4 Å². The number of nitrogens with zero attached hydrogens (tertiary/aromatic N) is 3. The fourth-order valence-electron chi connectivity index (χ4n) is 2.06. The summed E-state index contributed by atoms with van der Waals surface area (Å²) < 4.78 is -1.77. The molecule has 0 aliphatic rings. The van der Waals surface area contributed by atoms with Crippen molar-refractivity contribution in [3.63, 3.8) is 0 Å². The maximum atomic E-state index is 6.31. The lowest BCUT2D eigenvalue weighted by atomic mass is 9.94. The number of nitrogens with one attached hydrogen (secondary N) is 1. The Bertz CT molecular complexity index is 711. The molecule has 3 N–H and O–H groups in total. The minimum Gasteiger partial charge on any atom is -0.352 e. The Balaban J connectivity index is 2.39. The molecule has 25 heavy (non-hydrogen) atoms. The molecule has 5 nitrogen and oxygen atoms in total. The van der Waals surface area contributed by atoms with Gasteiger partial charge in [-0.25, -0.2) is 4.98 Å². The molecule has 1 heterocycles. The molecule has 1 aromatic carbocycles. The second kappa shape index (κ2) is 8.23. The monoisotopic (exact) mass is 421 g/mol. The molecule has 0 saturated heterocycles. The van der Waals surface area contributed by atoms with Crippen molar-refractivity contribution >= 4 is 52.4 Å². The minimum absolute atomic E-state index is 0.0376. The van der Waals surface area contributed by atoms with E-state index in [1.807, 2.05) is 13.8 Å². The van der Waals surface area contributed by atoms with E-state index < -0.39 is 3.79 Å². The van der Waals surface area contributed by atoms with Gasteiger partial charge in [0.25, 0.3) is 0 Å². The topological polar surface area (TPSA) is 76.7 Å². The summed E-state index contributed by atoms with van der Waals surface area (Å²) in [5.41, 5.74) is 6.67. The Kier molecular flexibility index (Phi) is 6.74. The van der Waals surface area contributed by atoms with Crippen LogP contribution in [-0.2, 0) is 3.79 Å². The van der Waals surface area contributed by atoms with Crippen LogP contribution in [0.4, 0.5) is 5.95 Å². The standard InChI is InChI=1S/C16H19Cl4N5/c1-3-15(21,4-2)9-22-14-24-12(10-5-7-11(17)8-6-10)23-13(25-14)16(18,19)20/h5-8H,3-4,9,21H2,1-2H3,(H,22,23,24,25). The fraction of sp³-hybridized carbons (Fsp3) is 0.438. The van der Waals surface area contributed by atoms with Gasteiger partial charge >= 0.3 is 0 Å². The predicted molar refractivity (Wildman–Crippen MR) is 106 cm³/mol. The summed E-state index contributed by atoms with van der Waals surface area (Å²) in [6.45, 7) is 4.55.